The first-order valence-electron chi connectivity index (χ1n) is 24.7. The standard InChI is InChI=1S/C57H56S8.C2H6/c1-5-9-19-36-35-37(20-10-6-2)53(64-52(36)44-27-17-33-58-44)46-29-31-48(60-46)56-50(40-23-13-15-25-42(40)62-56)51-41-24-14-16-26-43(41)63-57(51)49-32-30-47(61-49)55-39(22-12-8-4)38(21-11-7-3)54(65-55)45-28-18-34-59-45;1-2/h13-18,23-34H,5-12,19-22,35H2,1-4H3;1-2H3. The van der Waals surface area contributed by atoms with Crippen molar-refractivity contribution in [1.29, 1.82) is 0 Å². The molecule has 7 aromatic heterocycles. The van der Waals surface area contributed by atoms with E-state index >= 15 is 0 Å². The summed E-state index contributed by atoms with van der Waals surface area (Å²) in [6, 6.07) is 37.3. The Kier molecular flexibility index (Phi) is 16.8. The molecule has 0 saturated carbocycles. The molecular formula is C59H62S8. The molecule has 0 N–H and O–H groups in total. The van der Waals surface area contributed by atoms with Crippen molar-refractivity contribution >= 4 is 121 Å². The molecule has 67 heavy (non-hydrogen) atoms. The predicted octanol–water partition coefficient (Wildman–Crippen LogP) is 23.1. The minimum Gasteiger partial charge on any atom is -0.143 e. The van der Waals surface area contributed by atoms with Gasteiger partial charge < -0.3 is 0 Å². The van der Waals surface area contributed by atoms with Gasteiger partial charge in [-0.2, -0.15) is 0 Å². The molecule has 0 aliphatic carbocycles. The zero-order valence-corrected chi connectivity index (χ0v) is 46.4. The first-order valence-corrected chi connectivity index (χ1v) is 31.3. The van der Waals surface area contributed by atoms with Gasteiger partial charge in [0, 0.05) is 80.1 Å². The van der Waals surface area contributed by atoms with E-state index in [0.717, 1.165) is 12.8 Å². The summed E-state index contributed by atoms with van der Waals surface area (Å²) in [6.45, 7) is 13.3. The Labute approximate surface area is 432 Å². The number of allylic oxidation sites excluding steroid dienone is 2. The van der Waals surface area contributed by atoms with Gasteiger partial charge in [-0.1, -0.05) is 139 Å². The third-order valence-electron chi connectivity index (χ3n) is 12.7. The van der Waals surface area contributed by atoms with Gasteiger partial charge in [0.05, 0.1) is 9.75 Å². The number of hydrogen-bond donors (Lipinski definition) is 0. The molecule has 0 fully saturated rings. The Hall–Kier alpha value is -3.31. The van der Waals surface area contributed by atoms with E-state index in [-0.39, 0.29) is 0 Å². The van der Waals surface area contributed by atoms with Crippen LogP contribution in [0, 0.1) is 0 Å². The molecule has 1 aliphatic rings. The molecule has 0 saturated heterocycles. The molecule has 2 aromatic carbocycles. The molecular weight excluding hydrogens is 965 g/mol. The summed E-state index contributed by atoms with van der Waals surface area (Å²) in [4.78, 5) is 17.3. The maximum atomic E-state index is 2.46. The number of fused-ring (bicyclic) bond motifs is 2. The second-order valence-electron chi connectivity index (χ2n) is 17.2. The van der Waals surface area contributed by atoms with Crippen LogP contribution in [0.3, 0.4) is 0 Å². The second-order valence-corrected chi connectivity index (χ2v) is 25.4. The van der Waals surface area contributed by atoms with E-state index in [1.54, 1.807) is 22.3 Å². The SMILES string of the molecule is CC.CCCCC1=C(c2cccs2)SC(c2ccc(-c3sc4ccccc4c3-c3c(-c4ccc(-c5sc(-c6cccs6)c(CCCC)c5CCCC)s4)sc4ccccc34)s2)=C(CCCC)C1. The number of unbranched alkanes of at least 4 members (excludes halogenated alkanes) is 4. The highest BCUT2D eigenvalue weighted by atomic mass is 32.2. The lowest BCUT2D eigenvalue weighted by molar-refractivity contribution is 0.741. The molecule has 0 atom stereocenters. The van der Waals surface area contributed by atoms with Crippen LogP contribution in [0.4, 0.5) is 0 Å². The highest BCUT2D eigenvalue weighted by Crippen LogP contribution is 2.58. The summed E-state index contributed by atoms with van der Waals surface area (Å²) in [7, 11) is 0. The molecule has 1 aliphatic heterocycles. The molecule has 10 rings (SSSR count). The van der Waals surface area contributed by atoms with Crippen molar-refractivity contribution < 1.29 is 0 Å². The van der Waals surface area contributed by atoms with Crippen molar-refractivity contribution in [3.63, 3.8) is 0 Å². The average molecular weight is 1030 g/mol. The molecule has 0 radical (unpaired) electrons. The molecule has 8 heteroatoms. The third-order valence-corrected chi connectivity index (χ3v) is 22.6. The minimum absolute atomic E-state index is 1.12. The van der Waals surface area contributed by atoms with E-state index < -0.39 is 0 Å². The third kappa shape index (κ3) is 10.2. The predicted molar refractivity (Wildman–Crippen MR) is 314 cm³/mol. The molecule has 0 unspecified atom stereocenters. The van der Waals surface area contributed by atoms with Crippen LogP contribution in [-0.2, 0) is 12.8 Å². The van der Waals surface area contributed by atoms with Crippen LogP contribution in [0.25, 0.3) is 80.1 Å². The lowest BCUT2D eigenvalue weighted by Crippen LogP contribution is -2.01. The molecule has 9 aromatic rings. The summed E-state index contributed by atoms with van der Waals surface area (Å²) in [5, 5.41) is 7.23. The Morgan fingerprint density at radius 2 is 0.821 bits per heavy atom. The van der Waals surface area contributed by atoms with Gasteiger partial charge in [0.15, 0.2) is 0 Å². The van der Waals surface area contributed by atoms with Gasteiger partial charge in [0.2, 0.25) is 0 Å². The van der Waals surface area contributed by atoms with Crippen molar-refractivity contribution in [2.24, 2.45) is 0 Å². The van der Waals surface area contributed by atoms with Gasteiger partial charge in [0.1, 0.15) is 0 Å². The van der Waals surface area contributed by atoms with Gasteiger partial charge in [-0.25, -0.2) is 0 Å². The number of hydrogen-bond acceptors (Lipinski definition) is 8. The van der Waals surface area contributed by atoms with E-state index in [0.29, 0.717) is 0 Å². The molecule has 0 bridgehead atoms. The summed E-state index contributed by atoms with van der Waals surface area (Å²) in [6.07, 6.45) is 15.7. The van der Waals surface area contributed by atoms with Crippen LogP contribution in [0.15, 0.2) is 119 Å². The van der Waals surface area contributed by atoms with Crippen molar-refractivity contribution in [2.45, 2.75) is 125 Å². The van der Waals surface area contributed by atoms with Crippen LogP contribution in [0.5, 0.6) is 0 Å². The Bertz CT molecular complexity index is 3090. The topological polar surface area (TPSA) is 0 Å². The molecule has 0 spiro atoms. The lowest BCUT2D eigenvalue weighted by Gasteiger charge is -2.25. The number of rotatable bonds is 19. The van der Waals surface area contributed by atoms with Crippen molar-refractivity contribution in [1.82, 2.24) is 0 Å². The fraction of sp³-hybridized carbons (Fsp3) is 0.322. The summed E-state index contributed by atoms with van der Waals surface area (Å²) in [5.74, 6) is 0. The van der Waals surface area contributed by atoms with Gasteiger partial charge >= 0.3 is 0 Å². The lowest BCUT2D eigenvalue weighted by atomic mass is 9.95. The van der Waals surface area contributed by atoms with Crippen LogP contribution >= 0.6 is 91.1 Å². The largest absolute Gasteiger partial charge is 0.143 e. The summed E-state index contributed by atoms with van der Waals surface area (Å²) < 4.78 is 2.72. The smallest absolute Gasteiger partial charge is 0.0534 e. The van der Waals surface area contributed by atoms with Crippen LogP contribution in [0.2, 0.25) is 0 Å². The van der Waals surface area contributed by atoms with Crippen LogP contribution in [-0.4, -0.2) is 0 Å². The monoisotopic (exact) mass is 1030 g/mol. The first kappa shape index (κ1) is 48.7. The zero-order valence-electron chi connectivity index (χ0n) is 39.9. The van der Waals surface area contributed by atoms with Crippen LogP contribution in [0.1, 0.15) is 133 Å². The van der Waals surface area contributed by atoms with Gasteiger partial charge in [-0.15, -0.1) is 79.4 Å². The first-order chi connectivity index (χ1) is 33.1. The summed E-state index contributed by atoms with van der Waals surface area (Å²) >= 11 is 15.9. The molecule has 0 amide bonds. The van der Waals surface area contributed by atoms with Crippen LogP contribution < -0.4 is 0 Å². The highest BCUT2D eigenvalue weighted by molar-refractivity contribution is 8.17. The average Bonchev–Trinajstić information content (AvgIpc) is 4.23. The molecule has 346 valence electrons. The van der Waals surface area contributed by atoms with Gasteiger partial charge in [0.25, 0.3) is 0 Å². The zero-order chi connectivity index (χ0) is 46.3. The fourth-order valence-electron chi connectivity index (χ4n) is 9.34. The normalized spacial score (nSPS) is 13.1. The molecule has 0 nitrogen and oxygen atoms in total. The van der Waals surface area contributed by atoms with E-state index in [1.807, 2.05) is 81.9 Å². The van der Waals surface area contributed by atoms with Crippen molar-refractivity contribution in [3.05, 3.63) is 140 Å². The number of thiophene rings is 7. The van der Waals surface area contributed by atoms with E-state index in [1.165, 1.54) is 161 Å². The van der Waals surface area contributed by atoms with Gasteiger partial charge in [-0.05, 0) is 128 Å². The highest BCUT2D eigenvalue weighted by Gasteiger charge is 2.29. The maximum absolute atomic E-state index is 2.46. The van der Waals surface area contributed by atoms with E-state index in [4.69, 9.17) is 0 Å². The van der Waals surface area contributed by atoms with Crippen molar-refractivity contribution in [2.75, 3.05) is 0 Å². The Morgan fingerprint density at radius 1 is 0.388 bits per heavy atom. The number of benzene rings is 2. The van der Waals surface area contributed by atoms with E-state index in [2.05, 4.69) is 159 Å². The maximum Gasteiger partial charge on any atom is 0.0534 e. The summed E-state index contributed by atoms with van der Waals surface area (Å²) in [5.41, 5.74) is 9.33. The molecule has 8 heterocycles. The van der Waals surface area contributed by atoms with E-state index in [9.17, 15) is 0 Å². The second kappa shape index (κ2) is 23.1. The van der Waals surface area contributed by atoms with Crippen molar-refractivity contribution in [3.8, 4) is 50.1 Å². The van der Waals surface area contributed by atoms with Gasteiger partial charge in [-0.3, -0.25) is 0 Å². The minimum atomic E-state index is 1.12. The number of thioether (sulfide) groups is 1. The Morgan fingerprint density at radius 3 is 1.33 bits per heavy atom. The Balaban J connectivity index is 0.00000278. The fourth-order valence-corrected chi connectivity index (χ4v) is 18.8. The quantitative estimate of drug-likeness (QED) is 0.0778.